The Hall–Kier alpha value is -2.30. The average molecular weight is 245 g/mol. The summed E-state index contributed by atoms with van der Waals surface area (Å²) in [7, 11) is 1.87. The summed E-state index contributed by atoms with van der Waals surface area (Å²) in [6, 6.07) is 9.42. The quantitative estimate of drug-likeness (QED) is 0.840. The average Bonchev–Trinajstić information content (AvgIpc) is 2.74. The topological polar surface area (TPSA) is 67.2 Å². The van der Waals surface area contributed by atoms with Crippen molar-refractivity contribution in [2.24, 2.45) is 7.05 Å². The van der Waals surface area contributed by atoms with Crippen molar-refractivity contribution in [3.8, 4) is 0 Å². The molecule has 0 saturated heterocycles. The highest BCUT2D eigenvalue weighted by molar-refractivity contribution is 5.70. The van der Waals surface area contributed by atoms with Crippen LogP contribution >= 0.6 is 0 Å². The van der Waals surface area contributed by atoms with Gasteiger partial charge in [-0.2, -0.15) is 5.10 Å². The highest BCUT2D eigenvalue weighted by Crippen LogP contribution is 2.08. The summed E-state index contributed by atoms with van der Waals surface area (Å²) < 4.78 is 1.73. The number of rotatable bonds is 5. The molecule has 0 aliphatic heterocycles. The molecule has 1 aromatic carbocycles. The Labute approximate surface area is 105 Å². The lowest BCUT2D eigenvalue weighted by molar-refractivity contribution is -0.136. The minimum Gasteiger partial charge on any atom is -0.481 e. The van der Waals surface area contributed by atoms with Gasteiger partial charge in [0.05, 0.1) is 6.42 Å². The maximum atomic E-state index is 10.5. The van der Waals surface area contributed by atoms with Crippen molar-refractivity contribution >= 4 is 11.8 Å². The third-order valence-electron chi connectivity index (χ3n) is 2.57. The first-order chi connectivity index (χ1) is 8.63. The molecular weight excluding hydrogens is 230 g/mol. The second-order valence-corrected chi connectivity index (χ2v) is 4.12. The molecule has 18 heavy (non-hydrogen) atoms. The van der Waals surface area contributed by atoms with Crippen LogP contribution in [0.25, 0.3) is 0 Å². The zero-order valence-electron chi connectivity index (χ0n) is 10.1. The molecule has 2 aromatic rings. The smallest absolute Gasteiger partial charge is 0.307 e. The van der Waals surface area contributed by atoms with Crippen molar-refractivity contribution in [1.29, 1.82) is 0 Å². The number of carboxylic acid groups (broad SMARTS) is 1. The van der Waals surface area contributed by atoms with Gasteiger partial charge in [0, 0.05) is 25.9 Å². The van der Waals surface area contributed by atoms with E-state index in [2.05, 4.69) is 10.4 Å². The summed E-state index contributed by atoms with van der Waals surface area (Å²) in [5, 5.41) is 16.1. The van der Waals surface area contributed by atoms with Gasteiger partial charge in [0.1, 0.15) is 5.82 Å². The molecule has 0 atom stereocenters. The van der Waals surface area contributed by atoms with E-state index in [0.29, 0.717) is 6.54 Å². The van der Waals surface area contributed by atoms with E-state index < -0.39 is 5.97 Å². The molecule has 1 aromatic heterocycles. The number of aliphatic carboxylic acids is 1. The number of aromatic nitrogens is 2. The molecule has 0 amide bonds. The molecule has 2 N–H and O–H groups in total. The van der Waals surface area contributed by atoms with Crippen LogP contribution in [0.15, 0.2) is 36.5 Å². The van der Waals surface area contributed by atoms with Gasteiger partial charge in [0.15, 0.2) is 0 Å². The normalized spacial score (nSPS) is 10.3. The zero-order chi connectivity index (χ0) is 13.0. The first-order valence-corrected chi connectivity index (χ1v) is 5.66. The summed E-state index contributed by atoms with van der Waals surface area (Å²) in [4.78, 5) is 10.5. The van der Waals surface area contributed by atoms with Crippen LogP contribution in [0.4, 0.5) is 5.82 Å². The maximum Gasteiger partial charge on any atom is 0.307 e. The third-order valence-corrected chi connectivity index (χ3v) is 2.57. The van der Waals surface area contributed by atoms with Crippen molar-refractivity contribution in [1.82, 2.24) is 9.78 Å². The number of carboxylic acids is 1. The van der Waals surface area contributed by atoms with E-state index in [9.17, 15) is 4.79 Å². The lowest BCUT2D eigenvalue weighted by Gasteiger charge is -2.04. The van der Waals surface area contributed by atoms with E-state index in [4.69, 9.17) is 5.11 Å². The Balaban J connectivity index is 1.92. The van der Waals surface area contributed by atoms with E-state index in [1.54, 1.807) is 4.68 Å². The van der Waals surface area contributed by atoms with E-state index >= 15 is 0 Å². The van der Waals surface area contributed by atoms with Gasteiger partial charge < -0.3 is 10.4 Å². The van der Waals surface area contributed by atoms with Crippen LogP contribution in [-0.4, -0.2) is 20.9 Å². The summed E-state index contributed by atoms with van der Waals surface area (Å²) in [5.41, 5.74) is 1.90. The van der Waals surface area contributed by atoms with Crippen molar-refractivity contribution in [2.75, 3.05) is 5.32 Å². The number of anilines is 1. The van der Waals surface area contributed by atoms with Gasteiger partial charge in [0.25, 0.3) is 0 Å². The Morgan fingerprint density at radius 1 is 1.28 bits per heavy atom. The predicted octanol–water partition coefficient (Wildman–Crippen LogP) is 1.66. The highest BCUT2D eigenvalue weighted by atomic mass is 16.4. The Bertz CT molecular complexity index is 531. The first kappa shape index (κ1) is 12.2. The number of benzene rings is 1. The third kappa shape index (κ3) is 3.35. The molecule has 2 rings (SSSR count). The lowest BCUT2D eigenvalue weighted by atomic mass is 10.1. The molecule has 0 bridgehead atoms. The number of aryl methyl sites for hydroxylation is 1. The maximum absolute atomic E-state index is 10.5. The van der Waals surface area contributed by atoms with Crippen molar-refractivity contribution in [2.45, 2.75) is 13.0 Å². The van der Waals surface area contributed by atoms with Crippen molar-refractivity contribution < 1.29 is 9.90 Å². The Kier molecular flexibility index (Phi) is 3.62. The zero-order valence-corrected chi connectivity index (χ0v) is 10.1. The van der Waals surface area contributed by atoms with Crippen LogP contribution in [0.1, 0.15) is 11.1 Å². The second kappa shape index (κ2) is 5.35. The SMILES string of the molecule is Cn1ccc(NCc2ccc(CC(=O)O)cc2)n1. The minimum absolute atomic E-state index is 0.0634. The van der Waals surface area contributed by atoms with Crippen LogP contribution < -0.4 is 5.32 Å². The van der Waals surface area contributed by atoms with Gasteiger partial charge in [-0.05, 0) is 11.1 Å². The van der Waals surface area contributed by atoms with E-state index in [1.807, 2.05) is 43.6 Å². The molecule has 0 aliphatic rings. The van der Waals surface area contributed by atoms with Crippen molar-refractivity contribution in [3.63, 3.8) is 0 Å². The van der Waals surface area contributed by atoms with Gasteiger partial charge >= 0.3 is 5.97 Å². The summed E-state index contributed by atoms with van der Waals surface area (Å²) in [6.07, 6.45) is 1.94. The molecule has 94 valence electrons. The second-order valence-electron chi connectivity index (χ2n) is 4.12. The predicted molar refractivity (Wildman–Crippen MR) is 68.3 cm³/mol. The highest BCUT2D eigenvalue weighted by Gasteiger charge is 2.01. The Morgan fingerprint density at radius 2 is 1.94 bits per heavy atom. The minimum atomic E-state index is -0.811. The van der Waals surface area contributed by atoms with Crippen LogP contribution in [0.2, 0.25) is 0 Å². The molecule has 0 aliphatic carbocycles. The van der Waals surface area contributed by atoms with E-state index in [0.717, 1.165) is 16.9 Å². The number of nitrogens with one attached hydrogen (secondary N) is 1. The Morgan fingerprint density at radius 3 is 2.50 bits per heavy atom. The molecule has 5 nitrogen and oxygen atoms in total. The van der Waals surface area contributed by atoms with E-state index in [1.165, 1.54) is 0 Å². The van der Waals surface area contributed by atoms with Gasteiger partial charge in [-0.1, -0.05) is 24.3 Å². The fourth-order valence-corrected chi connectivity index (χ4v) is 1.65. The van der Waals surface area contributed by atoms with Crippen LogP contribution in [0, 0.1) is 0 Å². The van der Waals surface area contributed by atoms with E-state index in [-0.39, 0.29) is 6.42 Å². The fraction of sp³-hybridized carbons (Fsp3) is 0.231. The van der Waals surface area contributed by atoms with Gasteiger partial charge in [-0.3, -0.25) is 9.48 Å². The molecule has 0 spiro atoms. The van der Waals surface area contributed by atoms with Crippen LogP contribution in [0.3, 0.4) is 0 Å². The largest absolute Gasteiger partial charge is 0.481 e. The van der Waals surface area contributed by atoms with Gasteiger partial charge in [0.2, 0.25) is 0 Å². The summed E-state index contributed by atoms with van der Waals surface area (Å²) >= 11 is 0. The number of hydrogen-bond donors (Lipinski definition) is 2. The molecular formula is C13H15N3O2. The first-order valence-electron chi connectivity index (χ1n) is 5.66. The van der Waals surface area contributed by atoms with Crippen LogP contribution in [0.5, 0.6) is 0 Å². The standard InChI is InChI=1S/C13H15N3O2/c1-16-7-6-12(15-16)14-9-11-4-2-10(3-5-11)8-13(17)18/h2-7H,8-9H2,1H3,(H,14,15)(H,17,18). The molecule has 0 saturated carbocycles. The number of hydrogen-bond acceptors (Lipinski definition) is 3. The summed E-state index contributed by atoms with van der Waals surface area (Å²) in [6.45, 7) is 0.671. The van der Waals surface area contributed by atoms with Gasteiger partial charge in [-0.15, -0.1) is 0 Å². The molecule has 0 unspecified atom stereocenters. The fourth-order valence-electron chi connectivity index (χ4n) is 1.65. The van der Waals surface area contributed by atoms with Crippen LogP contribution in [-0.2, 0) is 24.8 Å². The monoisotopic (exact) mass is 245 g/mol. The lowest BCUT2D eigenvalue weighted by Crippen LogP contribution is -2.02. The van der Waals surface area contributed by atoms with Gasteiger partial charge in [-0.25, -0.2) is 0 Å². The number of carbonyl (C=O) groups is 1. The molecule has 1 heterocycles. The number of nitrogens with zero attached hydrogens (tertiary/aromatic N) is 2. The summed E-state index contributed by atoms with van der Waals surface area (Å²) in [5.74, 6) is 0.0153. The van der Waals surface area contributed by atoms with Crippen molar-refractivity contribution in [3.05, 3.63) is 47.7 Å². The molecule has 0 radical (unpaired) electrons. The molecule has 5 heteroatoms. The molecule has 0 fully saturated rings.